The number of nitrogens with zero attached hydrogens (tertiary/aromatic N) is 3. The Labute approximate surface area is 177 Å². The summed E-state index contributed by atoms with van der Waals surface area (Å²) in [6.07, 6.45) is 5.14. The summed E-state index contributed by atoms with van der Waals surface area (Å²) in [4.78, 5) is 35.7. The molecule has 3 rings (SSSR count). The van der Waals surface area contributed by atoms with Gasteiger partial charge in [0, 0.05) is 18.5 Å². The lowest BCUT2D eigenvalue weighted by Gasteiger charge is -2.32. The first-order chi connectivity index (χ1) is 14.3. The van der Waals surface area contributed by atoms with E-state index >= 15 is 0 Å². The van der Waals surface area contributed by atoms with E-state index < -0.39 is 0 Å². The highest BCUT2D eigenvalue weighted by atomic mass is 16.5. The number of ether oxygens (including phenoxy) is 1. The number of para-hydroxylation sites is 1. The molecule has 7 heteroatoms. The van der Waals surface area contributed by atoms with Crippen molar-refractivity contribution in [2.75, 3.05) is 25.0 Å². The van der Waals surface area contributed by atoms with Gasteiger partial charge in [-0.1, -0.05) is 39.0 Å². The average molecular weight is 411 g/mol. The van der Waals surface area contributed by atoms with Gasteiger partial charge in [-0.3, -0.25) is 9.59 Å². The second-order valence-electron chi connectivity index (χ2n) is 8.63. The van der Waals surface area contributed by atoms with Crippen LogP contribution in [0, 0.1) is 5.92 Å². The molecule has 1 fully saturated rings. The molecule has 0 aliphatic carbocycles. The zero-order valence-corrected chi connectivity index (χ0v) is 17.9. The maximum Gasteiger partial charge on any atom is 0.229 e. The Morgan fingerprint density at radius 2 is 1.87 bits per heavy atom. The minimum Gasteiger partial charge on any atom is -0.493 e. The molecule has 1 aliphatic rings. The van der Waals surface area contributed by atoms with E-state index in [1.165, 1.54) is 0 Å². The number of hydrogen-bond acceptors (Lipinski definition) is 5. The van der Waals surface area contributed by atoms with Gasteiger partial charge in [0.05, 0.1) is 37.0 Å². The summed E-state index contributed by atoms with van der Waals surface area (Å²) < 4.78 is 5.61. The van der Waals surface area contributed by atoms with E-state index in [2.05, 4.69) is 15.3 Å². The minimum absolute atomic E-state index is 0.0151. The van der Waals surface area contributed by atoms with Crippen LogP contribution >= 0.6 is 0 Å². The van der Waals surface area contributed by atoms with Crippen LogP contribution in [0.1, 0.15) is 45.9 Å². The third-order valence-electron chi connectivity index (χ3n) is 5.06. The quantitative estimate of drug-likeness (QED) is 0.789. The van der Waals surface area contributed by atoms with Gasteiger partial charge in [-0.2, -0.15) is 0 Å². The summed E-state index contributed by atoms with van der Waals surface area (Å²) in [5.74, 6) is 1.16. The molecule has 160 valence electrons. The first kappa shape index (κ1) is 21.7. The fourth-order valence-corrected chi connectivity index (χ4v) is 3.37. The first-order valence-electron chi connectivity index (χ1n) is 10.4. The number of likely N-dealkylation sites (tertiary alicyclic amines) is 1. The van der Waals surface area contributed by atoms with Crippen molar-refractivity contribution in [2.45, 2.75) is 45.4 Å². The van der Waals surface area contributed by atoms with Gasteiger partial charge in [-0.05, 0) is 25.0 Å². The zero-order chi connectivity index (χ0) is 21.6. The van der Waals surface area contributed by atoms with Crippen molar-refractivity contribution in [3.8, 4) is 5.75 Å². The van der Waals surface area contributed by atoms with Crippen LogP contribution in [0.5, 0.6) is 5.75 Å². The van der Waals surface area contributed by atoms with E-state index in [0.717, 1.165) is 24.4 Å². The van der Waals surface area contributed by atoms with E-state index in [0.29, 0.717) is 31.8 Å². The third kappa shape index (κ3) is 6.02. The number of carbonyl (C=O) groups is 2. The molecule has 1 aromatic heterocycles. The van der Waals surface area contributed by atoms with Crippen molar-refractivity contribution in [2.24, 2.45) is 5.92 Å². The van der Waals surface area contributed by atoms with Gasteiger partial charge < -0.3 is 15.0 Å². The van der Waals surface area contributed by atoms with Crippen molar-refractivity contribution in [1.29, 1.82) is 0 Å². The molecule has 2 aromatic rings. The number of hydrogen-bond donors (Lipinski definition) is 1. The van der Waals surface area contributed by atoms with Gasteiger partial charge in [-0.25, -0.2) is 9.97 Å². The second-order valence-corrected chi connectivity index (χ2v) is 8.63. The monoisotopic (exact) mass is 410 g/mol. The molecule has 2 amide bonds. The topological polar surface area (TPSA) is 84.4 Å². The molecule has 1 aromatic carbocycles. The number of rotatable bonds is 6. The van der Waals surface area contributed by atoms with Crippen LogP contribution in [0.15, 0.2) is 42.7 Å². The Morgan fingerprint density at radius 3 is 2.53 bits per heavy atom. The highest BCUT2D eigenvalue weighted by Crippen LogP contribution is 2.21. The summed E-state index contributed by atoms with van der Waals surface area (Å²) >= 11 is 0. The van der Waals surface area contributed by atoms with Crippen molar-refractivity contribution in [3.63, 3.8) is 0 Å². The molecular formula is C23H30N4O3. The van der Waals surface area contributed by atoms with Crippen LogP contribution in [-0.4, -0.2) is 46.4 Å². The van der Waals surface area contributed by atoms with Crippen LogP contribution in [0.25, 0.3) is 0 Å². The average Bonchev–Trinajstić information content (AvgIpc) is 2.74. The smallest absolute Gasteiger partial charge is 0.229 e. The normalized spacial score (nSPS) is 16.8. The molecule has 0 saturated carbocycles. The second kappa shape index (κ2) is 9.69. The van der Waals surface area contributed by atoms with Crippen LogP contribution in [0.3, 0.4) is 0 Å². The Morgan fingerprint density at radius 1 is 1.17 bits per heavy atom. The molecule has 30 heavy (non-hydrogen) atoms. The van der Waals surface area contributed by atoms with E-state index in [1.54, 1.807) is 17.3 Å². The maximum absolute atomic E-state index is 12.7. The molecule has 0 unspecified atom stereocenters. The summed E-state index contributed by atoms with van der Waals surface area (Å²) in [6.45, 7) is 7.55. The SMILES string of the molecule is CC(C)(C)c1ncc(NC(=O)[C@H]2CCCN(C(=O)CCOc3ccccc3)C2)cn1. The molecule has 7 nitrogen and oxygen atoms in total. The van der Waals surface area contributed by atoms with Gasteiger partial charge in [0.25, 0.3) is 0 Å². The number of piperidine rings is 1. The molecule has 1 atom stereocenters. The molecule has 2 heterocycles. The molecular weight excluding hydrogens is 380 g/mol. The van der Waals surface area contributed by atoms with Crippen molar-refractivity contribution in [3.05, 3.63) is 48.5 Å². The standard InChI is InChI=1S/C23H30N4O3/c1-23(2,3)22-24-14-18(15-25-22)26-21(29)17-8-7-12-27(16-17)20(28)11-13-30-19-9-5-4-6-10-19/h4-6,9-10,14-15,17H,7-8,11-13,16H2,1-3H3,(H,26,29)/t17-/m0/s1. The van der Waals surface area contributed by atoms with E-state index in [1.807, 2.05) is 51.1 Å². The largest absolute Gasteiger partial charge is 0.493 e. The maximum atomic E-state index is 12.7. The number of amides is 2. The number of carbonyl (C=O) groups excluding carboxylic acids is 2. The number of nitrogens with one attached hydrogen (secondary N) is 1. The summed E-state index contributed by atoms with van der Waals surface area (Å²) in [5, 5.41) is 2.89. The van der Waals surface area contributed by atoms with Gasteiger partial charge in [0.2, 0.25) is 11.8 Å². The van der Waals surface area contributed by atoms with Gasteiger partial charge >= 0.3 is 0 Å². The van der Waals surface area contributed by atoms with Crippen molar-refractivity contribution < 1.29 is 14.3 Å². The fraction of sp³-hybridized carbons (Fsp3) is 0.478. The lowest BCUT2D eigenvalue weighted by atomic mass is 9.96. The Kier molecular flexibility index (Phi) is 7.03. The highest BCUT2D eigenvalue weighted by Gasteiger charge is 2.28. The lowest BCUT2D eigenvalue weighted by Crippen LogP contribution is -2.44. The Bertz CT molecular complexity index is 847. The van der Waals surface area contributed by atoms with E-state index in [9.17, 15) is 9.59 Å². The van der Waals surface area contributed by atoms with Gasteiger partial charge in [-0.15, -0.1) is 0 Å². The molecule has 1 aliphatic heterocycles. The summed E-state index contributed by atoms with van der Waals surface area (Å²) in [7, 11) is 0. The zero-order valence-electron chi connectivity index (χ0n) is 17.9. The predicted molar refractivity (Wildman–Crippen MR) is 115 cm³/mol. The summed E-state index contributed by atoms with van der Waals surface area (Å²) in [5.41, 5.74) is 0.435. The van der Waals surface area contributed by atoms with Crippen molar-refractivity contribution >= 4 is 17.5 Å². The van der Waals surface area contributed by atoms with Gasteiger partial charge in [0.15, 0.2) is 0 Å². The molecule has 0 spiro atoms. The molecule has 1 N–H and O–H groups in total. The molecule has 0 bridgehead atoms. The van der Waals surface area contributed by atoms with Crippen molar-refractivity contribution in [1.82, 2.24) is 14.9 Å². The minimum atomic E-state index is -0.236. The molecule has 0 radical (unpaired) electrons. The molecule has 1 saturated heterocycles. The number of benzene rings is 1. The third-order valence-corrected chi connectivity index (χ3v) is 5.06. The van der Waals surface area contributed by atoms with E-state index in [4.69, 9.17) is 4.74 Å². The Hall–Kier alpha value is -2.96. The van der Waals surface area contributed by atoms with E-state index in [-0.39, 0.29) is 23.1 Å². The van der Waals surface area contributed by atoms with Crippen LogP contribution in [0.2, 0.25) is 0 Å². The predicted octanol–water partition coefficient (Wildman–Crippen LogP) is 3.42. The van der Waals surface area contributed by atoms with Crippen LogP contribution < -0.4 is 10.1 Å². The van der Waals surface area contributed by atoms with Crippen LogP contribution in [0.4, 0.5) is 5.69 Å². The lowest BCUT2D eigenvalue weighted by molar-refractivity contribution is -0.135. The van der Waals surface area contributed by atoms with Gasteiger partial charge in [0.1, 0.15) is 11.6 Å². The highest BCUT2D eigenvalue weighted by molar-refractivity contribution is 5.92. The Balaban J connectivity index is 1.48. The first-order valence-corrected chi connectivity index (χ1v) is 10.4. The summed E-state index contributed by atoms with van der Waals surface area (Å²) in [6, 6.07) is 9.44. The fourth-order valence-electron chi connectivity index (χ4n) is 3.37. The number of aromatic nitrogens is 2. The van der Waals surface area contributed by atoms with Crippen LogP contribution in [-0.2, 0) is 15.0 Å². The number of anilines is 1.